The number of halogens is 4. The maximum absolute atomic E-state index is 12.5. The zero-order valence-electron chi connectivity index (χ0n) is 10.1. The molecular weight excluding hydrogens is 276 g/mol. The van der Waals surface area contributed by atoms with Crippen LogP contribution in [-0.4, -0.2) is 10.9 Å². The Morgan fingerprint density at radius 3 is 2.00 bits per heavy atom. The van der Waals surface area contributed by atoms with E-state index in [1.54, 1.807) is 6.07 Å². The van der Waals surface area contributed by atoms with Gasteiger partial charge in [0.25, 0.3) is 5.91 Å². The van der Waals surface area contributed by atoms with Crippen LogP contribution >= 0.6 is 0 Å². The molecule has 0 unspecified atom stereocenters. The first-order valence-electron chi connectivity index (χ1n) is 5.35. The van der Waals surface area contributed by atoms with Gasteiger partial charge in [-0.2, -0.15) is 13.2 Å². The fourth-order valence-corrected chi connectivity index (χ4v) is 1.19. The summed E-state index contributed by atoms with van der Waals surface area (Å²) in [6.45, 7) is 0. The number of carbonyl (C=O) groups is 1. The molecule has 0 spiro atoms. The Balaban J connectivity index is 0.000000200. The van der Waals surface area contributed by atoms with E-state index in [4.69, 9.17) is 5.73 Å². The summed E-state index contributed by atoms with van der Waals surface area (Å²) in [6.07, 6.45) is -3.20. The van der Waals surface area contributed by atoms with E-state index >= 15 is 0 Å². The molecule has 2 rings (SSSR count). The third kappa shape index (κ3) is 4.68. The number of amides is 1. The third-order valence-corrected chi connectivity index (χ3v) is 2.09. The molecular formula is C13H10F4N2O. The summed E-state index contributed by atoms with van der Waals surface area (Å²) in [4.78, 5) is 13.5. The number of carbonyl (C=O) groups excluding carboxylic acids is 1. The maximum atomic E-state index is 12.5. The molecule has 0 aliphatic rings. The summed E-state index contributed by atoms with van der Waals surface area (Å²) in [7, 11) is 0. The van der Waals surface area contributed by atoms with Crippen LogP contribution in [0.3, 0.4) is 0 Å². The van der Waals surface area contributed by atoms with Gasteiger partial charge in [0.1, 0.15) is 11.5 Å². The third-order valence-electron chi connectivity index (χ3n) is 2.09. The Hall–Kier alpha value is -2.44. The number of primary amides is 1. The monoisotopic (exact) mass is 286 g/mol. The van der Waals surface area contributed by atoms with Crippen molar-refractivity contribution >= 4 is 5.91 Å². The number of benzene rings is 1. The summed E-state index contributed by atoms with van der Waals surface area (Å²) in [5, 5.41) is 0. The van der Waals surface area contributed by atoms with Crippen molar-refractivity contribution < 1.29 is 22.4 Å². The lowest BCUT2D eigenvalue weighted by Gasteiger charge is -2.02. The molecule has 0 saturated carbocycles. The fourth-order valence-electron chi connectivity index (χ4n) is 1.19. The van der Waals surface area contributed by atoms with Crippen LogP contribution < -0.4 is 5.73 Å². The minimum Gasteiger partial charge on any atom is -0.366 e. The van der Waals surface area contributed by atoms with Crippen molar-refractivity contribution in [2.45, 2.75) is 6.18 Å². The van der Waals surface area contributed by atoms with Crippen molar-refractivity contribution in [1.82, 2.24) is 4.98 Å². The first-order chi connectivity index (χ1) is 9.32. The second kappa shape index (κ2) is 6.65. The molecule has 0 aliphatic heterocycles. The predicted octanol–water partition coefficient (Wildman–Crippen LogP) is 3.03. The molecule has 3 nitrogen and oxygen atoms in total. The van der Waals surface area contributed by atoms with Crippen LogP contribution in [0.5, 0.6) is 0 Å². The van der Waals surface area contributed by atoms with Gasteiger partial charge in [0.2, 0.25) is 0 Å². The zero-order valence-corrected chi connectivity index (χ0v) is 10.1. The van der Waals surface area contributed by atoms with Gasteiger partial charge in [-0.15, -0.1) is 0 Å². The van der Waals surface area contributed by atoms with E-state index in [2.05, 4.69) is 4.98 Å². The smallest absolute Gasteiger partial charge is 0.366 e. The first kappa shape index (κ1) is 15.6. The van der Waals surface area contributed by atoms with Crippen LogP contribution in [0.1, 0.15) is 16.1 Å². The lowest BCUT2D eigenvalue weighted by molar-refractivity contribution is -0.141. The van der Waals surface area contributed by atoms with Crippen LogP contribution in [0.2, 0.25) is 0 Å². The van der Waals surface area contributed by atoms with Crippen molar-refractivity contribution in [2.75, 3.05) is 0 Å². The average molecular weight is 286 g/mol. The highest BCUT2D eigenvalue weighted by Gasteiger charge is 2.31. The number of hydrogen-bond donors (Lipinski definition) is 1. The summed E-state index contributed by atoms with van der Waals surface area (Å²) in [6, 6.07) is 9.27. The number of hydrogen-bond acceptors (Lipinski definition) is 2. The summed E-state index contributed by atoms with van der Waals surface area (Å²) in [5.41, 5.74) is 3.92. The van der Waals surface area contributed by atoms with Gasteiger partial charge >= 0.3 is 6.18 Å². The molecule has 2 N–H and O–H groups in total. The van der Waals surface area contributed by atoms with Gasteiger partial charge in [0.05, 0.1) is 5.56 Å². The highest BCUT2D eigenvalue weighted by Crippen LogP contribution is 2.26. The molecule has 20 heavy (non-hydrogen) atoms. The average Bonchev–Trinajstić information content (AvgIpc) is 2.40. The Kier molecular flexibility index (Phi) is 5.19. The number of nitrogens with two attached hydrogens (primary N) is 1. The number of rotatable bonds is 1. The Morgan fingerprint density at radius 2 is 1.65 bits per heavy atom. The van der Waals surface area contributed by atoms with E-state index in [0.29, 0.717) is 0 Å². The molecule has 7 heteroatoms. The molecule has 0 saturated heterocycles. The summed E-state index contributed by atoms with van der Waals surface area (Å²) >= 11 is 0. The van der Waals surface area contributed by atoms with Crippen molar-refractivity contribution in [3.63, 3.8) is 0 Å². The van der Waals surface area contributed by atoms with Crippen molar-refractivity contribution in [3.8, 4) is 0 Å². The van der Waals surface area contributed by atoms with Crippen LogP contribution in [0.4, 0.5) is 17.6 Å². The molecule has 1 heterocycles. The molecule has 0 atom stereocenters. The van der Waals surface area contributed by atoms with Crippen molar-refractivity contribution in [1.29, 1.82) is 0 Å². The van der Waals surface area contributed by atoms with E-state index in [1.807, 2.05) is 0 Å². The minimum absolute atomic E-state index is 0.0671. The lowest BCUT2D eigenvalue weighted by atomic mass is 10.2. The zero-order chi connectivity index (χ0) is 15.2. The second-order valence-electron chi connectivity index (χ2n) is 3.56. The standard InChI is InChI=1S/C7H6FNO.C6H4F3N/c8-6-4-2-1-3-5(6)7(9)10;7-6(8,9)5-3-1-2-4-10-5/h1-4H,(H2,9,10);1-4H. The van der Waals surface area contributed by atoms with Gasteiger partial charge < -0.3 is 5.73 Å². The fraction of sp³-hybridized carbons (Fsp3) is 0.0769. The quantitative estimate of drug-likeness (QED) is 0.819. The molecule has 2 aromatic rings. The lowest BCUT2D eigenvalue weighted by Crippen LogP contribution is -2.12. The normalized spacial score (nSPS) is 10.4. The molecule has 106 valence electrons. The van der Waals surface area contributed by atoms with Crippen molar-refractivity contribution in [3.05, 3.63) is 65.7 Å². The van der Waals surface area contributed by atoms with Gasteiger partial charge in [0, 0.05) is 6.20 Å². The molecule has 1 amide bonds. The maximum Gasteiger partial charge on any atom is 0.433 e. The van der Waals surface area contributed by atoms with E-state index in [-0.39, 0.29) is 5.56 Å². The minimum atomic E-state index is -4.32. The van der Waals surface area contributed by atoms with Crippen LogP contribution in [-0.2, 0) is 6.18 Å². The Bertz CT molecular complexity index is 570. The van der Waals surface area contributed by atoms with Gasteiger partial charge in [-0.1, -0.05) is 18.2 Å². The van der Waals surface area contributed by atoms with Gasteiger partial charge in [-0.25, -0.2) is 4.39 Å². The van der Waals surface area contributed by atoms with Gasteiger partial charge in [-0.3, -0.25) is 9.78 Å². The van der Waals surface area contributed by atoms with E-state index in [9.17, 15) is 22.4 Å². The highest BCUT2D eigenvalue weighted by molar-refractivity contribution is 5.92. The van der Waals surface area contributed by atoms with Gasteiger partial charge in [-0.05, 0) is 24.3 Å². The SMILES string of the molecule is FC(F)(F)c1ccccn1.NC(=O)c1ccccc1F. The van der Waals surface area contributed by atoms with E-state index in [1.165, 1.54) is 30.3 Å². The number of nitrogens with zero attached hydrogens (tertiary/aromatic N) is 1. The second-order valence-corrected chi connectivity index (χ2v) is 3.56. The summed E-state index contributed by atoms with van der Waals surface area (Å²) < 4.78 is 47.7. The van der Waals surface area contributed by atoms with E-state index < -0.39 is 23.6 Å². The highest BCUT2D eigenvalue weighted by atomic mass is 19.4. The van der Waals surface area contributed by atoms with Crippen LogP contribution in [0.25, 0.3) is 0 Å². The van der Waals surface area contributed by atoms with Crippen molar-refractivity contribution in [2.24, 2.45) is 5.73 Å². The largest absolute Gasteiger partial charge is 0.433 e. The molecule has 1 aromatic carbocycles. The van der Waals surface area contributed by atoms with Gasteiger partial charge in [0.15, 0.2) is 0 Å². The molecule has 1 aromatic heterocycles. The first-order valence-corrected chi connectivity index (χ1v) is 5.35. The van der Waals surface area contributed by atoms with Crippen LogP contribution in [0.15, 0.2) is 48.7 Å². The number of alkyl halides is 3. The number of pyridine rings is 1. The molecule has 0 radical (unpaired) electrons. The molecule has 0 aliphatic carbocycles. The summed E-state index contributed by atoms with van der Waals surface area (Å²) in [5.74, 6) is -1.31. The van der Waals surface area contributed by atoms with E-state index in [0.717, 1.165) is 12.3 Å². The van der Waals surface area contributed by atoms with Crippen LogP contribution in [0, 0.1) is 5.82 Å². The Morgan fingerprint density at radius 1 is 1.05 bits per heavy atom. The molecule has 0 bridgehead atoms. The molecule has 0 fully saturated rings. The number of aromatic nitrogens is 1. The Labute approximate surface area is 112 Å². The topological polar surface area (TPSA) is 56.0 Å². The predicted molar refractivity (Wildman–Crippen MR) is 64.2 cm³/mol.